The topological polar surface area (TPSA) is 38.7 Å². The SMILES string of the molecule is CC(C)(C)c1cc(-c2ccccc2)ccc1OP(O)Oc1ccc(-c2ccccc2)cc1C(C)(C)C. The second-order valence-corrected chi connectivity index (χ2v) is 11.9. The summed E-state index contributed by atoms with van der Waals surface area (Å²) in [7, 11) is -2.19. The minimum atomic E-state index is -2.19. The van der Waals surface area contributed by atoms with Gasteiger partial charge in [-0.05, 0) is 57.3 Å². The Labute approximate surface area is 216 Å². The molecule has 36 heavy (non-hydrogen) atoms. The molecule has 0 fully saturated rings. The molecule has 0 aliphatic rings. The molecule has 0 aliphatic heterocycles. The van der Waals surface area contributed by atoms with Crippen LogP contribution in [0.3, 0.4) is 0 Å². The third-order valence-electron chi connectivity index (χ3n) is 6.14. The van der Waals surface area contributed by atoms with Crippen LogP contribution in [-0.2, 0) is 10.8 Å². The van der Waals surface area contributed by atoms with Crippen LogP contribution >= 0.6 is 8.60 Å². The molecule has 0 bridgehead atoms. The van der Waals surface area contributed by atoms with E-state index in [0.717, 1.165) is 33.4 Å². The Morgan fingerprint density at radius 3 is 1.19 bits per heavy atom. The van der Waals surface area contributed by atoms with E-state index in [1.165, 1.54) is 0 Å². The molecule has 3 nitrogen and oxygen atoms in total. The van der Waals surface area contributed by atoms with E-state index >= 15 is 0 Å². The molecule has 0 unspecified atom stereocenters. The van der Waals surface area contributed by atoms with Crippen molar-refractivity contribution < 1.29 is 13.9 Å². The predicted octanol–water partition coefficient (Wildman–Crippen LogP) is 9.29. The van der Waals surface area contributed by atoms with Gasteiger partial charge in [-0.15, -0.1) is 0 Å². The van der Waals surface area contributed by atoms with Gasteiger partial charge in [0.2, 0.25) is 0 Å². The molecule has 0 radical (unpaired) electrons. The molecule has 0 atom stereocenters. The van der Waals surface area contributed by atoms with Crippen LogP contribution in [-0.4, -0.2) is 4.89 Å². The number of rotatable bonds is 6. The molecule has 0 aromatic heterocycles. The first-order chi connectivity index (χ1) is 17.0. The second kappa shape index (κ2) is 10.5. The molecule has 4 heteroatoms. The van der Waals surface area contributed by atoms with Gasteiger partial charge < -0.3 is 13.9 Å². The zero-order valence-electron chi connectivity index (χ0n) is 21.9. The molecule has 0 saturated heterocycles. The smallest absolute Gasteiger partial charge is 0.418 e. The average molecular weight is 499 g/mol. The van der Waals surface area contributed by atoms with Gasteiger partial charge in [-0.3, -0.25) is 0 Å². The molecule has 4 aromatic carbocycles. The van der Waals surface area contributed by atoms with Crippen molar-refractivity contribution >= 4 is 8.60 Å². The number of hydrogen-bond donors (Lipinski definition) is 1. The van der Waals surface area contributed by atoms with Crippen LogP contribution < -0.4 is 9.05 Å². The maximum atomic E-state index is 10.9. The fourth-order valence-corrected chi connectivity index (χ4v) is 4.89. The lowest BCUT2D eigenvalue weighted by molar-refractivity contribution is 0.371. The van der Waals surface area contributed by atoms with Gasteiger partial charge in [0.05, 0.1) is 0 Å². The summed E-state index contributed by atoms with van der Waals surface area (Å²) in [4.78, 5) is 10.9. The fraction of sp³-hybridized carbons (Fsp3) is 0.250. The summed E-state index contributed by atoms with van der Waals surface area (Å²) in [5, 5.41) is 0. The third-order valence-corrected chi connectivity index (χ3v) is 6.85. The largest absolute Gasteiger partial charge is 0.460 e. The van der Waals surface area contributed by atoms with Gasteiger partial charge >= 0.3 is 8.60 Å². The van der Waals surface area contributed by atoms with E-state index in [2.05, 4.69) is 77.9 Å². The Hall–Kier alpha value is -3.13. The summed E-state index contributed by atoms with van der Waals surface area (Å²) < 4.78 is 12.1. The zero-order valence-corrected chi connectivity index (χ0v) is 22.8. The molecular weight excluding hydrogens is 463 g/mol. The van der Waals surface area contributed by atoms with E-state index in [4.69, 9.17) is 9.05 Å². The molecular formula is C32H35O3P. The third kappa shape index (κ3) is 6.16. The van der Waals surface area contributed by atoms with Gasteiger partial charge in [0.1, 0.15) is 11.5 Å². The maximum absolute atomic E-state index is 10.9. The van der Waals surface area contributed by atoms with E-state index in [9.17, 15) is 4.89 Å². The van der Waals surface area contributed by atoms with Crippen molar-refractivity contribution in [1.82, 2.24) is 0 Å². The molecule has 186 valence electrons. The van der Waals surface area contributed by atoms with E-state index in [-0.39, 0.29) is 10.8 Å². The average Bonchev–Trinajstić information content (AvgIpc) is 2.84. The van der Waals surface area contributed by atoms with Crippen LogP contribution in [0.2, 0.25) is 0 Å². The predicted molar refractivity (Wildman–Crippen MR) is 152 cm³/mol. The highest BCUT2D eigenvalue weighted by atomic mass is 31.2. The van der Waals surface area contributed by atoms with E-state index in [1.54, 1.807) is 0 Å². The number of benzene rings is 4. The molecule has 0 spiro atoms. The maximum Gasteiger partial charge on any atom is 0.460 e. The zero-order chi connectivity index (χ0) is 25.9. The van der Waals surface area contributed by atoms with Crippen LogP contribution in [0, 0.1) is 0 Å². The summed E-state index contributed by atoms with van der Waals surface area (Å²) in [6, 6.07) is 32.7. The number of hydrogen-bond acceptors (Lipinski definition) is 3. The molecule has 1 N–H and O–H groups in total. The summed E-state index contributed by atoms with van der Waals surface area (Å²) in [5.74, 6) is 1.27. The van der Waals surface area contributed by atoms with E-state index in [1.807, 2.05) is 60.7 Å². The summed E-state index contributed by atoms with van der Waals surface area (Å²) in [6.45, 7) is 12.9. The highest BCUT2D eigenvalue weighted by Gasteiger charge is 2.26. The summed E-state index contributed by atoms with van der Waals surface area (Å²) in [6.07, 6.45) is 0. The van der Waals surface area contributed by atoms with Crippen molar-refractivity contribution in [3.63, 3.8) is 0 Å². The molecule has 0 heterocycles. The van der Waals surface area contributed by atoms with Crippen molar-refractivity contribution in [2.45, 2.75) is 52.4 Å². The molecule has 0 aliphatic carbocycles. The Kier molecular flexibility index (Phi) is 7.54. The Morgan fingerprint density at radius 2 is 0.861 bits per heavy atom. The molecule has 0 amide bonds. The lowest BCUT2D eigenvalue weighted by atomic mass is 9.84. The Morgan fingerprint density at radius 1 is 0.500 bits per heavy atom. The fourth-order valence-electron chi connectivity index (χ4n) is 4.20. The first kappa shape index (κ1) is 25.9. The summed E-state index contributed by atoms with van der Waals surface area (Å²) in [5.41, 5.74) is 6.20. The molecule has 4 aromatic rings. The first-order valence-electron chi connectivity index (χ1n) is 12.3. The summed E-state index contributed by atoms with van der Waals surface area (Å²) >= 11 is 0. The highest BCUT2D eigenvalue weighted by molar-refractivity contribution is 7.41. The first-order valence-corrected chi connectivity index (χ1v) is 13.4. The minimum absolute atomic E-state index is 0.176. The van der Waals surface area contributed by atoms with Crippen LogP contribution in [0.5, 0.6) is 11.5 Å². The normalized spacial score (nSPS) is 12.0. The van der Waals surface area contributed by atoms with Crippen LogP contribution in [0.4, 0.5) is 0 Å². The van der Waals surface area contributed by atoms with Crippen molar-refractivity contribution in [2.24, 2.45) is 0 Å². The van der Waals surface area contributed by atoms with Crippen molar-refractivity contribution in [3.8, 4) is 33.8 Å². The minimum Gasteiger partial charge on any atom is -0.418 e. The van der Waals surface area contributed by atoms with Gasteiger partial charge in [-0.25, -0.2) is 0 Å². The van der Waals surface area contributed by atoms with E-state index in [0.29, 0.717) is 11.5 Å². The lowest BCUT2D eigenvalue weighted by Gasteiger charge is -2.26. The van der Waals surface area contributed by atoms with Gasteiger partial charge in [0, 0.05) is 11.1 Å². The highest BCUT2D eigenvalue weighted by Crippen LogP contribution is 2.45. The van der Waals surface area contributed by atoms with E-state index < -0.39 is 8.60 Å². The quantitative estimate of drug-likeness (QED) is 0.269. The standard InChI is InChI=1S/C32H35O3P/c1-31(2,3)27-21-25(23-13-9-7-10-14-23)17-19-29(27)34-36(33)35-30-20-18-26(22-28(30)32(4,5)6)24-15-11-8-12-16-24/h7-22,33H,1-6H3. The van der Waals surface area contributed by atoms with Gasteiger partial charge in [0.15, 0.2) is 0 Å². The van der Waals surface area contributed by atoms with Crippen LogP contribution in [0.1, 0.15) is 52.7 Å². The van der Waals surface area contributed by atoms with Gasteiger partial charge in [0.25, 0.3) is 0 Å². The van der Waals surface area contributed by atoms with Crippen LogP contribution in [0.25, 0.3) is 22.3 Å². The monoisotopic (exact) mass is 498 g/mol. The molecule has 4 rings (SSSR count). The van der Waals surface area contributed by atoms with Crippen molar-refractivity contribution in [2.75, 3.05) is 0 Å². The van der Waals surface area contributed by atoms with Gasteiger partial charge in [-0.2, -0.15) is 0 Å². The van der Waals surface area contributed by atoms with Gasteiger partial charge in [-0.1, -0.05) is 114 Å². The van der Waals surface area contributed by atoms with Crippen molar-refractivity contribution in [1.29, 1.82) is 0 Å². The van der Waals surface area contributed by atoms with Crippen LogP contribution in [0.15, 0.2) is 97.1 Å². The van der Waals surface area contributed by atoms with Crippen molar-refractivity contribution in [3.05, 3.63) is 108 Å². The Balaban J connectivity index is 1.62. The second-order valence-electron chi connectivity index (χ2n) is 11.1. The lowest BCUT2D eigenvalue weighted by Crippen LogP contribution is -2.14. The Bertz CT molecular complexity index is 1200. The molecule has 0 saturated carbocycles.